The van der Waals surface area contributed by atoms with Gasteiger partial charge in [0.15, 0.2) is 0 Å². The third-order valence-electron chi connectivity index (χ3n) is 4.56. The van der Waals surface area contributed by atoms with Gasteiger partial charge in [0, 0.05) is 32.4 Å². The second kappa shape index (κ2) is 5.97. The topological polar surface area (TPSA) is 29.5 Å². The van der Waals surface area contributed by atoms with E-state index in [-0.39, 0.29) is 23.3 Å². The molecule has 21 heavy (non-hydrogen) atoms. The number of hydrogen-bond acceptors (Lipinski definition) is 4. The van der Waals surface area contributed by atoms with Gasteiger partial charge in [0.05, 0.1) is 5.92 Å². The molecule has 114 valence electrons. The SMILES string of the molecule is CSN1CCC2(CC1)CC(Cc1ccc(F)cc1)C(=O)O2. The molecule has 2 saturated heterocycles. The number of carbonyl (C=O) groups is 1. The van der Waals surface area contributed by atoms with E-state index >= 15 is 0 Å². The first kappa shape index (κ1) is 14.9. The lowest BCUT2D eigenvalue weighted by Gasteiger charge is -2.36. The van der Waals surface area contributed by atoms with Crippen molar-refractivity contribution in [2.45, 2.75) is 31.3 Å². The number of piperidine rings is 1. The van der Waals surface area contributed by atoms with Crippen LogP contribution in [0.4, 0.5) is 4.39 Å². The maximum Gasteiger partial charge on any atom is 0.309 e. The van der Waals surface area contributed by atoms with Crippen LogP contribution in [0.2, 0.25) is 0 Å². The van der Waals surface area contributed by atoms with E-state index in [2.05, 4.69) is 10.6 Å². The van der Waals surface area contributed by atoms with Gasteiger partial charge in [-0.3, -0.25) is 9.10 Å². The van der Waals surface area contributed by atoms with Gasteiger partial charge in [-0.1, -0.05) is 24.1 Å². The highest BCUT2D eigenvalue weighted by Gasteiger charge is 2.47. The van der Waals surface area contributed by atoms with Crippen LogP contribution in [-0.4, -0.2) is 35.2 Å². The molecular formula is C16H20FNO2S. The molecular weight excluding hydrogens is 289 g/mol. The Morgan fingerprint density at radius 1 is 1.33 bits per heavy atom. The van der Waals surface area contributed by atoms with Gasteiger partial charge in [-0.2, -0.15) is 0 Å². The smallest absolute Gasteiger partial charge is 0.309 e. The largest absolute Gasteiger partial charge is 0.459 e. The Kier molecular flexibility index (Phi) is 4.22. The van der Waals surface area contributed by atoms with E-state index in [1.807, 2.05) is 0 Å². The van der Waals surface area contributed by atoms with E-state index in [0.717, 1.165) is 37.9 Å². The minimum atomic E-state index is -0.256. The van der Waals surface area contributed by atoms with Crippen LogP contribution < -0.4 is 0 Å². The van der Waals surface area contributed by atoms with Crippen molar-refractivity contribution in [3.05, 3.63) is 35.6 Å². The van der Waals surface area contributed by atoms with Gasteiger partial charge in [0.1, 0.15) is 11.4 Å². The average Bonchev–Trinajstić information content (AvgIpc) is 2.78. The summed E-state index contributed by atoms with van der Waals surface area (Å²) in [6.45, 7) is 1.94. The van der Waals surface area contributed by atoms with Crippen molar-refractivity contribution in [2.24, 2.45) is 5.92 Å². The fourth-order valence-corrected chi connectivity index (χ4v) is 3.86. The normalized spacial score (nSPS) is 25.2. The maximum atomic E-state index is 12.9. The average molecular weight is 309 g/mol. The molecule has 2 fully saturated rings. The summed E-state index contributed by atoms with van der Waals surface area (Å²) in [5, 5.41) is 0. The van der Waals surface area contributed by atoms with Crippen molar-refractivity contribution in [1.82, 2.24) is 4.31 Å². The standard InChI is InChI=1S/C16H20FNO2S/c1-21-18-8-6-16(7-9-18)11-13(15(19)20-16)10-12-2-4-14(17)5-3-12/h2-5,13H,6-11H2,1H3. The molecule has 1 aromatic rings. The predicted molar refractivity (Wildman–Crippen MR) is 81.4 cm³/mol. The molecule has 5 heteroatoms. The fourth-order valence-electron chi connectivity index (χ4n) is 3.31. The number of carbonyl (C=O) groups excluding carboxylic acids is 1. The molecule has 1 atom stereocenters. The summed E-state index contributed by atoms with van der Waals surface area (Å²) in [7, 11) is 0. The zero-order valence-electron chi connectivity index (χ0n) is 12.2. The van der Waals surface area contributed by atoms with Crippen molar-refractivity contribution >= 4 is 17.9 Å². The van der Waals surface area contributed by atoms with Crippen LogP contribution >= 0.6 is 11.9 Å². The lowest BCUT2D eigenvalue weighted by molar-refractivity contribution is -0.152. The molecule has 1 aromatic carbocycles. The minimum Gasteiger partial charge on any atom is -0.459 e. The highest BCUT2D eigenvalue weighted by atomic mass is 32.2. The van der Waals surface area contributed by atoms with E-state index < -0.39 is 0 Å². The van der Waals surface area contributed by atoms with Crippen LogP contribution in [0.3, 0.4) is 0 Å². The van der Waals surface area contributed by atoms with E-state index in [1.54, 1.807) is 24.1 Å². The fraction of sp³-hybridized carbons (Fsp3) is 0.562. The molecule has 0 saturated carbocycles. The van der Waals surface area contributed by atoms with Crippen molar-refractivity contribution in [1.29, 1.82) is 0 Å². The molecule has 2 heterocycles. The van der Waals surface area contributed by atoms with Gasteiger partial charge < -0.3 is 4.74 Å². The third kappa shape index (κ3) is 3.24. The van der Waals surface area contributed by atoms with Gasteiger partial charge in [-0.05, 0) is 30.4 Å². The highest BCUT2D eigenvalue weighted by Crippen LogP contribution is 2.41. The molecule has 0 radical (unpaired) electrons. The van der Waals surface area contributed by atoms with Crippen LogP contribution in [0.25, 0.3) is 0 Å². The van der Waals surface area contributed by atoms with Crippen LogP contribution in [0.15, 0.2) is 24.3 Å². The van der Waals surface area contributed by atoms with Gasteiger partial charge in [0.2, 0.25) is 0 Å². The molecule has 1 unspecified atom stereocenters. The first-order valence-electron chi connectivity index (χ1n) is 7.37. The number of nitrogens with zero attached hydrogens (tertiary/aromatic N) is 1. The summed E-state index contributed by atoms with van der Waals surface area (Å²) in [4.78, 5) is 12.2. The molecule has 3 rings (SSSR count). The molecule has 0 bridgehead atoms. The number of hydrogen-bond donors (Lipinski definition) is 0. The van der Waals surface area contributed by atoms with Crippen LogP contribution in [0.1, 0.15) is 24.8 Å². The number of halogens is 1. The lowest BCUT2D eigenvalue weighted by atomic mass is 9.84. The Hall–Kier alpha value is -1.07. The van der Waals surface area contributed by atoms with E-state index in [9.17, 15) is 9.18 Å². The summed E-state index contributed by atoms with van der Waals surface area (Å²) in [5.74, 6) is -0.415. The molecule has 0 aliphatic carbocycles. The summed E-state index contributed by atoms with van der Waals surface area (Å²) in [6, 6.07) is 6.40. The van der Waals surface area contributed by atoms with Gasteiger partial charge in [-0.25, -0.2) is 4.39 Å². The van der Waals surface area contributed by atoms with Gasteiger partial charge in [0.25, 0.3) is 0 Å². The predicted octanol–water partition coefficient (Wildman–Crippen LogP) is 3.04. The maximum absolute atomic E-state index is 12.9. The van der Waals surface area contributed by atoms with Gasteiger partial charge in [-0.15, -0.1) is 0 Å². The molecule has 0 aromatic heterocycles. The van der Waals surface area contributed by atoms with E-state index in [1.165, 1.54) is 12.1 Å². The molecule has 3 nitrogen and oxygen atoms in total. The third-order valence-corrected chi connectivity index (χ3v) is 5.44. The Balaban J connectivity index is 1.63. The zero-order valence-corrected chi connectivity index (χ0v) is 13.0. The second-order valence-corrected chi connectivity index (χ2v) is 6.83. The Morgan fingerprint density at radius 3 is 2.62 bits per heavy atom. The van der Waals surface area contributed by atoms with E-state index in [4.69, 9.17) is 4.74 Å². The second-order valence-electron chi connectivity index (χ2n) is 5.95. The molecule has 2 aliphatic rings. The first-order valence-corrected chi connectivity index (χ1v) is 8.55. The molecule has 1 spiro atoms. The van der Waals surface area contributed by atoms with Crippen LogP contribution in [-0.2, 0) is 16.0 Å². The van der Waals surface area contributed by atoms with Crippen molar-refractivity contribution in [2.75, 3.05) is 19.3 Å². The van der Waals surface area contributed by atoms with Crippen molar-refractivity contribution in [3.8, 4) is 0 Å². The highest BCUT2D eigenvalue weighted by molar-refractivity contribution is 7.96. The minimum absolute atomic E-state index is 0.0862. The monoisotopic (exact) mass is 309 g/mol. The molecule has 2 aliphatic heterocycles. The quantitative estimate of drug-likeness (QED) is 0.634. The zero-order chi connectivity index (χ0) is 14.9. The van der Waals surface area contributed by atoms with Gasteiger partial charge >= 0.3 is 5.97 Å². The van der Waals surface area contributed by atoms with Crippen LogP contribution in [0.5, 0.6) is 0 Å². The summed E-state index contributed by atoms with van der Waals surface area (Å²) in [6.07, 6.45) is 5.35. The Bertz CT molecular complexity index is 512. The number of benzene rings is 1. The summed E-state index contributed by atoms with van der Waals surface area (Å²) < 4.78 is 21.0. The Morgan fingerprint density at radius 2 is 2.00 bits per heavy atom. The Labute approximate surface area is 129 Å². The van der Waals surface area contributed by atoms with Crippen molar-refractivity contribution < 1.29 is 13.9 Å². The van der Waals surface area contributed by atoms with E-state index in [0.29, 0.717) is 6.42 Å². The summed E-state index contributed by atoms with van der Waals surface area (Å²) in [5.41, 5.74) is 0.741. The number of rotatable bonds is 3. The van der Waals surface area contributed by atoms with Crippen molar-refractivity contribution in [3.63, 3.8) is 0 Å². The first-order chi connectivity index (χ1) is 10.1. The molecule has 0 N–H and O–H groups in total. The number of esters is 1. The lowest BCUT2D eigenvalue weighted by Crippen LogP contribution is -2.41. The molecule has 0 amide bonds. The van der Waals surface area contributed by atoms with Crippen LogP contribution in [0, 0.1) is 11.7 Å². The number of ether oxygens (including phenoxy) is 1. The summed E-state index contributed by atoms with van der Waals surface area (Å²) >= 11 is 1.75.